The average Bonchev–Trinajstić information content (AvgIpc) is 2.68. The van der Waals surface area contributed by atoms with Gasteiger partial charge in [-0.1, -0.05) is 34.8 Å². The minimum absolute atomic E-state index is 0.152. The first-order valence-electron chi connectivity index (χ1n) is 8.92. The number of nitrogens with zero attached hydrogens (tertiary/aromatic N) is 1. The molecule has 0 bridgehead atoms. The fraction of sp³-hybridized carbons (Fsp3) is 0.250. The van der Waals surface area contributed by atoms with Gasteiger partial charge in [-0.2, -0.15) is 0 Å². The molecule has 0 aromatic heterocycles. The molecule has 0 saturated heterocycles. The van der Waals surface area contributed by atoms with E-state index in [1.54, 1.807) is 31.2 Å². The highest BCUT2D eigenvalue weighted by atomic mass is 35.5. The molecule has 160 valence electrons. The molecule has 2 aromatic carbocycles. The van der Waals surface area contributed by atoms with Gasteiger partial charge < -0.3 is 20.3 Å². The lowest BCUT2D eigenvalue weighted by molar-refractivity contribution is -0.136. The summed E-state index contributed by atoms with van der Waals surface area (Å²) in [5.74, 6) is -0.728. The van der Waals surface area contributed by atoms with E-state index >= 15 is 0 Å². The first-order valence-corrected chi connectivity index (χ1v) is 10.1. The maximum Gasteiger partial charge on any atom is 0.260 e. The largest absolute Gasteiger partial charge is 0.482 e. The van der Waals surface area contributed by atoms with Crippen molar-refractivity contribution in [1.82, 2.24) is 4.90 Å². The normalized spacial score (nSPS) is 10.3. The Morgan fingerprint density at radius 2 is 1.50 bits per heavy atom. The zero-order valence-corrected chi connectivity index (χ0v) is 18.6. The van der Waals surface area contributed by atoms with Crippen LogP contribution in [-0.4, -0.2) is 42.3 Å². The Morgan fingerprint density at radius 1 is 0.933 bits per heavy atom. The van der Waals surface area contributed by atoms with Crippen LogP contribution in [0.3, 0.4) is 0 Å². The topological polar surface area (TPSA) is 87.7 Å². The molecular weight excluding hydrogens is 453 g/mol. The summed E-state index contributed by atoms with van der Waals surface area (Å²) in [6.45, 7) is 3.00. The van der Waals surface area contributed by atoms with Gasteiger partial charge in [0.1, 0.15) is 5.75 Å². The van der Waals surface area contributed by atoms with Gasteiger partial charge in [0.2, 0.25) is 11.8 Å². The molecule has 2 rings (SSSR count). The zero-order chi connectivity index (χ0) is 22.3. The number of anilines is 2. The Balaban J connectivity index is 1.90. The molecule has 2 aromatic rings. The number of ether oxygens (including phenoxy) is 1. The molecular formula is C20H20Cl3N3O4. The zero-order valence-electron chi connectivity index (χ0n) is 16.3. The molecule has 0 atom stereocenters. The minimum atomic E-state index is -0.393. The first-order chi connectivity index (χ1) is 14.2. The fourth-order valence-electron chi connectivity index (χ4n) is 2.44. The van der Waals surface area contributed by atoms with Crippen LogP contribution >= 0.6 is 34.8 Å². The monoisotopic (exact) mass is 471 g/mol. The standard InChI is InChI=1S/C20H20Cl3N3O4/c1-3-26(20(29)11-30-18-9-16(22)15(21)8-17(18)23)10-19(28)25-14-6-4-13(5-7-14)24-12(2)27/h4-9H,3,10-11H2,1-2H3,(H,24,27)(H,25,28). The van der Waals surface area contributed by atoms with Crippen LogP contribution in [0.1, 0.15) is 13.8 Å². The van der Waals surface area contributed by atoms with Gasteiger partial charge >= 0.3 is 0 Å². The van der Waals surface area contributed by atoms with Crippen molar-refractivity contribution in [2.75, 3.05) is 30.3 Å². The number of hydrogen-bond donors (Lipinski definition) is 2. The van der Waals surface area contributed by atoms with Crippen LogP contribution < -0.4 is 15.4 Å². The lowest BCUT2D eigenvalue weighted by Gasteiger charge is -2.21. The minimum Gasteiger partial charge on any atom is -0.482 e. The van der Waals surface area contributed by atoms with Crippen LogP contribution in [0.4, 0.5) is 11.4 Å². The van der Waals surface area contributed by atoms with E-state index < -0.39 is 5.91 Å². The Morgan fingerprint density at radius 3 is 2.07 bits per heavy atom. The molecule has 0 radical (unpaired) electrons. The summed E-state index contributed by atoms with van der Waals surface area (Å²) in [5.41, 5.74) is 1.15. The van der Waals surface area contributed by atoms with Crippen molar-refractivity contribution in [3.8, 4) is 5.75 Å². The van der Waals surface area contributed by atoms with Gasteiger partial charge in [0.25, 0.3) is 5.91 Å². The summed E-state index contributed by atoms with van der Waals surface area (Å²) in [7, 11) is 0. The van der Waals surface area contributed by atoms with E-state index in [0.717, 1.165) is 0 Å². The molecule has 0 spiro atoms. The molecule has 30 heavy (non-hydrogen) atoms. The van der Waals surface area contributed by atoms with Gasteiger partial charge in [-0.15, -0.1) is 0 Å². The van der Waals surface area contributed by atoms with Gasteiger partial charge in [0.15, 0.2) is 6.61 Å². The lowest BCUT2D eigenvalue weighted by Crippen LogP contribution is -2.40. The van der Waals surface area contributed by atoms with Crippen molar-refractivity contribution in [3.05, 3.63) is 51.5 Å². The fourth-order valence-corrected chi connectivity index (χ4v) is 3.03. The maximum atomic E-state index is 12.4. The van der Waals surface area contributed by atoms with Gasteiger partial charge in [-0.05, 0) is 37.3 Å². The molecule has 0 aliphatic rings. The molecule has 0 heterocycles. The highest BCUT2D eigenvalue weighted by molar-refractivity contribution is 6.43. The lowest BCUT2D eigenvalue weighted by atomic mass is 10.2. The molecule has 0 unspecified atom stereocenters. The predicted molar refractivity (Wildman–Crippen MR) is 119 cm³/mol. The smallest absolute Gasteiger partial charge is 0.260 e. The average molecular weight is 473 g/mol. The Bertz CT molecular complexity index is 936. The van der Waals surface area contributed by atoms with Crippen LogP contribution in [0.15, 0.2) is 36.4 Å². The molecule has 0 saturated carbocycles. The van der Waals surface area contributed by atoms with Crippen LogP contribution in [0.2, 0.25) is 15.1 Å². The number of halogens is 3. The van der Waals surface area contributed by atoms with E-state index in [1.165, 1.54) is 24.0 Å². The highest BCUT2D eigenvalue weighted by Crippen LogP contribution is 2.33. The summed E-state index contributed by atoms with van der Waals surface area (Å²) in [6, 6.07) is 9.47. The Labute approximate surface area is 189 Å². The van der Waals surface area contributed by atoms with Gasteiger partial charge in [-0.3, -0.25) is 14.4 Å². The second-order valence-corrected chi connectivity index (χ2v) is 7.42. The van der Waals surface area contributed by atoms with E-state index in [9.17, 15) is 14.4 Å². The van der Waals surface area contributed by atoms with Crippen molar-refractivity contribution in [2.45, 2.75) is 13.8 Å². The maximum absolute atomic E-state index is 12.4. The number of benzene rings is 2. The Hall–Kier alpha value is -2.48. The van der Waals surface area contributed by atoms with Crippen LogP contribution in [0, 0.1) is 0 Å². The number of rotatable bonds is 8. The summed E-state index contributed by atoms with van der Waals surface area (Å²) < 4.78 is 5.43. The van der Waals surface area contributed by atoms with Gasteiger partial charge in [0.05, 0.1) is 21.6 Å². The van der Waals surface area contributed by atoms with Crippen LogP contribution in [-0.2, 0) is 14.4 Å². The summed E-state index contributed by atoms with van der Waals surface area (Å²) >= 11 is 17.8. The van der Waals surface area contributed by atoms with E-state index in [0.29, 0.717) is 17.9 Å². The Kier molecular flexibility index (Phi) is 8.77. The number of carbonyl (C=O) groups excluding carboxylic acids is 3. The number of amides is 3. The van der Waals surface area contributed by atoms with Crippen LogP contribution in [0.5, 0.6) is 5.75 Å². The molecule has 2 N–H and O–H groups in total. The molecule has 7 nitrogen and oxygen atoms in total. The van der Waals surface area contributed by atoms with E-state index in [-0.39, 0.29) is 45.8 Å². The number of nitrogens with one attached hydrogen (secondary N) is 2. The van der Waals surface area contributed by atoms with E-state index in [2.05, 4.69) is 10.6 Å². The van der Waals surface area contributed by atoms with Crippen molar-refractivity contribution >= 4 is 63.9 Å². The van der Waals surface area contributed by atoms with Gasteiger partial charge in [0, 0.05) is 30.9 Å². The quantitative estimate of drug-likeness (QED) is 0.555. The third-order valence-corrected chi connectivity index (χ3v) is 4.90. The molecule has 0 aliphatic heterocycles. The van der Waals surface area contributed by atoms with Crippen molar-refractivity contribution in [1.29, 1.82) is 0 Å². The summed E-state index contributed by atoms with van der Waals surface area (Å²) in [5, 5.41) is 6.08. The molecule has 10 heteroatoms. The van der Waals surface area contributed by atoms with Crippen molar-refractivity contribution in [2.24, 2.45) is 0 Å². The number of likely N-dealkylation sites (N-methyl/N-ethyl adjacent to an activating group) is 1. The molecule has 0 fully saturated rings. The van der Waals surface area contributed by atoms with Crippen molar-refractivity contribution in [3.63, 3.8) is 0 Å². The number of carbonyl (C=O) groups is 3. The second-order valence-electron chi connectivity index (χ2n) is 6.20. The summed E-state index contributed by atoms with van der Waals surface area (Å²) in [6.07, 6.45) is 0. The van der Waals surface area contributed by atoms with Crippen LogP contribution in [0.25, 0.3) is 0 Å². The molecule has 0 aliphatic carbocycles. The second kappa shape index (κ2) is 11.1. The third-order valence-electron chi connectivity index (χ3n) is 3.88. The number of hydrogen-bond acceptors (Lipinski definition) is 4. The molecule has 3 amide bonds. The van der Waals surface area contributed by atoms with E-state index in [4.69, 9.17) is 39.5 Å². The van der Waals surface area contributed by atoms with Crippen molar-refractivity contribution < 1.29 is 19.1 Å². The summed E-state index contributed by atoms with van der Waals surface area (Å²) in [4.78, 5) is 37.1. The SMILES string of the molecule is CCN(CC(=O)Nc1ccc(NC(C)=O)cc1)C(=O)COc1cc(Cl)c(Cl)cc1Cl. The van der Waals surface area contributed by atoms with Gasteiger partial charge in [-0.25, -0.2) is 0 Å². The van der Waals surface area contributed by atoms with E-state index in [1.807, 2.05) is 0 Å². The predicted octanol–water partition coefficient (Wildman–Crippen LogP) is 4.47. The first kappa shape index (κ1) is 23.8. The third kappa shape index (κ3) is 7.09. The highest BCUT2D eigenvalue weighted by Gasteiger charge is 2.17.